The van der Waals surface area contributed by atoms with Gasteiger partial charge in [0, 0.05) is 12.6 Å². The van der Waals surface area contributed by atoms with Gasteiger partial charge in [-0.15, -0.1) is 0 Å². The van der Waals surface area contributed by atoms with Crippen LogP contribution < -0.4 is 10.6 Å². The number of benzene rings is 1. The zero-order valence-corrected chi connectivity index (χ0v) is 13.6. The van der Waals surface area contributed by atoms with E-state index < -0.39 is 9.84 Å². The molecule has 0 radical (unpaired) electrons. The van der Waals surface area contributed by atoms with Gasteiger partial charge in [-0.2, -0.15) is 0 Å². The number of amides is 1. The van der Waals surface area contributed by atoms with E-state index in [1.165, 1.54) is 0 Å². The van der Waals surface area contributed by atoms with Crippen molar-refractivity contribution < 1.29 is 13.2 Å². The molecule has 2 atom stereocenters. The number of sulfone groups is 1. The second kappa shape index (κ2) is 6.01. The normalized spacial score (nSPS) is 26.4. The van der Waals surface area contributed by atoms with Crippen molar-refractivity contribution >= 4 is 15.7 Å². The van der Waals surface area contributed by atoms with Gasteiger partial charge in [-0.3, -0.25) is 4.79 Å². The molecule has 2 heterocycles. The van der Waals surface area contributed by atoms with Crippen LogP contribution in [0.1, 0.15) is 30.9 Å². The van der Waals surface area contributed by atoms with Gasteiger partial charge in [-0.1, -0.05) is 12.1 Å². The van der Waals surface area contributed by atoms with E-state index in [1.54, 1.807) is 12.1 Å². The van der Waals surface area contributed by atoms with Gasteiger partial charge in [0.05, 0.1) is 16.6 Å². The Labute approximate surface area is 131 Å². The minimum atomic E-state index is -3.07. The molecule has 1 saturated heterocycles. The van der Waals surface area contributed by atoms with Gasteiger partial charge in [-0.25, -0.2) is 8.42 Å². The number of piperidine rings is 1. The highest BCUT2D eigenvalue weighted by Crippen LogP contribution is 2.26. The number of aryl methyl sites for hydroxylation is 1. The number of carbonyl (C=O) groups is 1. The third-order valence-corrected chi connectivity index (χ3v) is 6.48. The highest BCUT2D eigenvalue weighted by Gasteiger charge is 2.28. The summed E-state index contributed by atoms with van der Waals surface area (Å²) in [6, 6.07) is 5.58. The Balaban J connectivity index is 1.64. The first kappa shape index (κ1) is 15.5. The monoisotopic (exact) mass is 322 g/mol. The first-order valence-electron chi connectivity index (χ1n) is 7.83. The van der Waals surface area contributed by atoms with E-state index in [1.807, 2.05) is 13.0 Å². The van der Waals surface area contributed by atoms with E-state index >= 15 is 0 Å². The molecule has 1 fully saturated rings. The molecular weight excluding hydrogens is 300 g/mol. The molecule has 0 bridgehead atoms. The van der Waals surface area contributed by atoms with E-state index in [0.29, 0.717) is 17.9 Å². The SMILES string of the molecule is CC1NCCCC1C(=O)NCc1ccc2c(c1)CCS2(=O)=O. The maximum atomic E-state index is 12.3. The Morgan fingerprint density at radius 2 is 2.23 bits per heavy atom. The summed E-state index contributed by atoms with van der Waals surface area (Å²) in [7, 11) is -3.07. The smallest absolute Gasteiger partial charge is 0.224 e. The van der Waals surface area contributed by atoms with Crippen LogP contribution in [0.3, 0.4) is 0 Å². The first-order valence-corrected chi connectivity index (χ1v) is 9.48. The summed E-state index contributed by atoms with van der Waals surface area (Å²) in [5, 5.41) is 6.31. The maximum absolute atomic E-state index is 12.3. The Hall–Kier alpha value is -1.40. The summed E-state index contributed by atoms with van der Waals surface area (Å²) in [6.07, 6.45) is 2.52. The van der Waals surface area contributed by atoms with E-state index in [0.717, 1.165) is 30.5 Å². The van der Waals surface area contributed by atoms with E-state index in [-0.39, 0.29) is 23.6 Å². The van der Waals surface area contributed by atoms with Crippen molar-refractivity contribution in [3.63, 3.8) is 0 Å². The van der Waals surface area contributed by atoms with Crippen LogP contribution in [0.25, 0.3) is 0 Å². The summed E-state index contributed by atoms with van der Waals surface area (Å²) < 4.78 is 23.6. The number of hydrogen-bond donors (Lipinski definition) is 2. The van der Waals surface area contributed by atoms with Gasteiger partial charge < -0.3 is 10.6 Å². The van der Waals surface area contributed by atoms with Crippen molar-refractivity contribution in [2.75, 3.05) is 12.3 Å². The molecule has 0 saturated carbocycles. The number of nitrogens with one attached hydrogen (secondary N) is 2. The molecule has 6 heteroatoms. The van der Waals surface area contributed by atoms with Crippen molar-refractivity contribution in [1.82, 2.24) is 10.6 Å². The number of carbonyl (C=O) groups excluding carboxylic acids is 1. The molecule has 1 aromatic carbocycles. The van der Waals surface area contributed by atoms with Gasteiger partial charge in [0.2, 0.25) is 5.91 Å². The summed E-state index contributed by atoms with van der Waals surface area (Å²) in [5.41, 5.74) is 1.83. The van der Waals surface area contributed by atoms with Crippen LogP contribution in [0.4, 0.5) is 0 Å². The summed E-state index contributed by atoms with van der Waals surface area (Å²) >= 11 is 0. The zero-order valence-electron chi connectivity index (χ0n) is 12.8. The van der Waals surface area contributed by atoms with E-state index in [9.17, 15) is 13.2 Å². The lowest BCUT2D eigenvalue weighted by Gasteiger charge is -2.28. The third-order valence-electron chi connectivity index (χ3n) is 4.67. The lowest BCUT2D eigenvalue weighted by molar-refractivity contribution is -0.126. The van der Waals surface area contributed by atoms with Crippen LogP contribution in [0.15, 0.2) is 23.1 Å². The molecule has 3 rings (SSSR count). The predicted molar refractivity (Wildman–Crippen MR) is 84.2 cm³/mol. The van der Waals surface area contributed by atoms with Gasteiger partial charge >= 0.3 is 0 Å². The van der Waals surface area contributed by atoms with Crippen LogP contribution in [0.5, 0.6) is 0 Å². The molecular formula is C16H22N2O3S. The molecule has 1 aromatic rings. The van der Waals surface area contributed by atoms with Crippen LogP contribution in [0.2, 0.25) is 0 Å². The largest absolute Gasteiger partial charge is 0.352 e. The average molecular weight is 322 g/mol. The summed E-state index contributed by atoms with van der Waals surface area (Å²) in [6.45, 7) is 3.48. The number of fused-ring (bicyclic) bond motifs is 1. The Morgan fingerprint density at radius 1 is 1.41 bits per heavy atom. The molecule has 2 N–H and O–H groups in total. The second-order valence-electron chi connectivity index (χ2n) is 6.22. The van der Waals surface area contributed by atoms with E-state index in [4.69, 9.17) is 0 Å². The Kier molecular flexibility index (Phi) is 4.23. The average Bonchev–Trinajstić information content (AvgIpc) is 2.80. The molecule has 2 aliphatic heterocycles. The highest BCUT2D eigenvalue weighted by atomic mass is 32.2. The van der Waals surface area contributed by atoms with Crippen molar-refractivity contribution in [1.29, 1.82) is 0 Å². The van der Waals surface area contributed by atoms with Crippen LogP contribution in [-0.2, 0) is 27.6 Å². The quantitative estimate of drug-likeness (QED) is 0.871. The predicted octanol–water partition coefficient (Wildman–Crippen LogP) is 1.02. The molecule has 0 spiro atoms. The highest BCUT2D eigenvalue weighted by molar-refractivity contribution is 7.91. The fraction of sp³-hybridized carbons (Fsp3) is 0.562. The second-order valence-corrected chi connectivity index (χ2v) is 8.30. The number of rotatable bonds is 3. The zero-order chi connectivity index (χ0) is 15.7. The molecule has 0 aromatic heterocycles. The van der Waals surface area contributed by atoms with Crippen molar-refractivity contribution in [2.45, 2.75) is 43.7 Å². The maximum Gasteiger partial charge on any atom is 0.224 e. The van der Waals surface area contributed by atoms with Crippen molar-refractivity contribution in [2.24, 2.45) is 5.92 Å². The Bertz CT molecular complexity index is 685. The van der Waals surface area contributed by atoms with Gasteiger partial charge in [-0.05, 0) is 49.9 Å². The minimum absolute atomic E-state index is 0.0172. The molecule has 1 amide bonds. The van der Waals surface area contributed by atoms with E-state index in [2.05, 4.69) is 10.6 Å². The van der Waals surface area contributed by atoms with Crippen LogP contribution in [-0.4, -0.2) is 32.7 Å². The van der Waals surface area contributed by atoms with Crippen LogP contribution in [0, 0.1) is 5.92 Å². The molecule has 120 valence electrons. The molecule has 5 nitrogen and oxygen atoms in total. The van der Waals surface area contributed by atoms with Crippen molar-refractivity contribution in [3.05, 3.63) is 29.3 Å². The van der Waals surface area contributed by atoms with Crippen LogP contribution >= 0.6 is 0 Å². The minimum Gasteiger partial charge on any atom is -0.352 e. The third kappa shape index (κ3) is 3.03. The fourth-order valence-corrected chi connectivity index (χ4v) is 4.86. The lowest BCUT2D eigenvalue weighted by Crippen LogP contribution is -2.46. The Morgan fingerprint density at radius 3 is 3.00 bits per heavy atom. The summed E-state index contributed by atoms with van der Waals surface area (Å²) in [4.78, 5) is 12.7. The molecule has 0 aliphatic carbocycles. The topological polar surface area (TPSA) is 75.3 Å². The fourth-order valence-electron chi connectivity index (χ4n) is 3.32. The summed E-state index contributed by atoms with van der Waals surface area (Å²) in [5.74, 6) is 0.292. The lowest BCUT2D eigenvalue weighted by atomic mass is 9.91. The van der Waals surface area contributed by atoms with Gasteiger partial charge in [0.1, 0.15) is 0 Å². The first-order chi connectivity index (χ1) is 10.5. The molecule has 2 aliphatic rings. The van der Waals surface area contributed by atoms with Gasteiger partial charge in [0.25, 0.3) is 0 Å². The van der Waals surface area contributed by atoms with Gasteiger partial charge in [0.15, 0.2) is 9.84 Å². The molecule has 22 heavy (non-hydrogen) atoms. The standard InChI is InChI=1S/C16H22N2O3S/c1-11-14(3-2-7-17-11)16(19)18-10-12-4-5-15-13(9-12)6-8-22(15,20)21/h4-5,9,11,14,17H,2-3,6-8,10H2,1H3,(H,18,19). The molecule has 2 unspecified atom stereocenters. The number of hydrogen-bond acceptors (Lipinski definition) is 4. The van der Waals surface area contributed by atoms with Crippen molar-refractivity contribution in [3.8, 4) is 0 Å².